The van der Waals surface area contributed by atoms with E-state index in [1.807, 2.05) is 0 Å². The van der Waals surface area contributed by atoms with Crippen molar-refractivity contribution in [2.45, 2.75) is 38.7 Å². The number of nitro benzene ring substituents is 1. The molecule has 0 aliphatic carbocycles. The number of carbonyl (C=O) groups excluding carboxylic acids is 1. The van der Waals surface area contributed by atoms with E-state index in [0.29, 0.717) is 13.1 Å². The van der Waals surface area contributed by atoms with Crippen LogP contribution in [0.3, 0.4) is 0 Å². The number of halogens is 1. The van der Waals surface area contributed by atoms with E-state index in [9.17, 15) is 19.3 Å². The number of benzene rings is 1. The second kappa shape index (κ2) is 7.20. The van der Waals surface area contributed by atoms with Crippen LogP contribution in [0.5, 0.6) is 5.75 Å². The Hall–Kier alpha value is -2.18. The number of rotatable bonds is 4. The molecule has 22 heavy (non-hydrogen) atoms. The summed E-state index contributed by atoms with van der Waals surface area (Å²) >= 11 is 0. The van der Waals surface area contributed by atoms with E-state index < -0.39 is 16.8 Å². The number of nitro groups is 1. The summed E-state index contributed by atoms with van der Waals surface area (Å²) in [5.74, 6) is -1.09. The number of nitrogens with zero attached hydrogens (tertiary/aromatic N) is 2. The first-order valence-electron chi connectivity index (χ1n) is 7.38. The standard InChI is InChI=1S/C15H19FN2O4/c1-11(15(19)17-8-4-2-3-5-9-17)22-14-10-12(16)6-7-13(14)18(20)21/h6-7,10-11H,2-5,8-9H2,1H3. The zero-order valence-corrected chi connectivity index (χ0v) is 12.5. The summed E-state index contributed by atoms with van der Waals surface area (Å²) in [4.78, 5) is 24.4. The highest BCUT2D eigenvalue weighted by Gasteiger charge is 2.26. The van der Waals surface area contributed by atoms with E-state index in [2.05, 4.69) is 0 Å². The summed E-state index contributed by atoms with van der Waals surface area (Å²) in [5.41, 5.74) is -0.350. The van der Waals surface area contributed by atoms with Gasteiger partial charge in [-0.15, -0.1) is 0 Å². The minimum atomic E-state index is -0.890. The highest BCUT2D eigenvalue weighted by atomic mass is 19.1. The summed E-state index contributed by atoms with van der Waals surface area (Å²) in [6.45, 7) is 2.86. The third-order valence-corrected chi connectivity index (χ3v) is 3.69. The van der Waals surface area contributed by atoms with Crippen molar-refractivity contribution < 1.29 is 18.8 Å². The molecule has 2 rings (SSSR count). The molecule has 0 aromatic heterocycles. The molecule has 0 N–H and O–H groups in total. The lowest BCUT2D eigenvalue weighted by Gasteiger charge is -2.24. The second-order valence-electron chi connectivity index (χ2n) is 5.37. The van der Waals surface area contributed by atoms with E-state index in [0.717, 1.165) is 43.9 Å². The van der Waals surface area contributed by atoms with E-state index in [4.69, 9.17) is 4.74 Å². The normalized spacial score (nSPS) is 16.7. The Morgan fingerprint density at radius 2 is 1.95 bits per heavy atom. The van der Waals surface area contributed by atoms with E-state index in [-0.39, 0.29) is 17.3 Å². The highest BCUT2D eigenvalue weighted by molar-refractivity contribution is 5.81. The number of hydrogen-bond donors (Lipinski definition) is 0. The van der Waals surface area contributed by atoms with Crippen molar-refractivity contribution in [1.82, 2.24) is 4.90 Å². The fourth-order valence-corrected chi connectivity index (χ4v) is 2.52. The molecule has 1 amide bonds. The van der Waals surface area contributed by atoms with Crippen LogP contribution in [0, 0.1) is 15.9 Å². The zero-order valence-electron chi connectivity index (χ0n) is 12.5. The topological polar surface area (TPSA) is 72.7 Å². The Bertz CT molecular complexity index is 556. The monoisotopic (exact) mass is 310 g/mol. The minimum absolute atomic E-state index is 0.222. The van der Waals surface area contributed by atoms with Crippen LogP contribution in [0.25, 0.3) is 0 Å². The molecule has 120 valence electrons. The molecular weight excluding hydrogens is 291 g/mol. The molecule has 1 aliphatic heterocycles. The van der Waals surface area contributed by atoms with Gasteiger partial charge in [-0.2, -0.15) is 0 Å². The van der Waals surface area contributed by atoms with Gasteiger partial charge >= 0.3 is 5.69 Å². The van der Waals surface area contributed by atoms with E-state index in [1.54, 1.807) is 4.90 Å². The lowest BCUT2D eigenvalue weighted by Crippen LogP contribution is -2.41. The molecule has 6 nitrogen and oxygen atoms in total. The van der Waals surface area contributed by atoms with Gasteiger partial charge in [0.1, 0.15) is 5.82 Å². The predicted octanol–water partition coefficient (Wildman–Crippen LogP) is 2.90. The van der Waals surface area contributed by atoms with E-state index in [1.165, 1.54) is 6.92 Å². The summed E-state index contributed by atoms with van der Waals surface area (Å²) < 4.78 is 18.6. The Kier molecular flexibility index (Phi) is 5.30. The average molecular weight is 310 g/mol. The molecule has 1 aromatic carbocycles. The van der Waals surface area contributed by atoms with Crippen molar-refractivity contribution in [3.63, 3.8) is 0 Å². The largest absolute Gasteiger partial charge is 0.474 e. The van der Waals surface area contributed by atoms with Gasteiger partial charge in [0.15, 0.2) is 6.10 Å². The summed E-state index contributed by atoms with van der Waals surface area (Å²) in [5, 5.41) is 10.9. The van der Waals surface area contributed by atoms with Crippen LogP contribution in [-0.4, -0.2) is 34.9 Å². The molecule has 0 saturated carbocycles. The molecule has 1 fully saturated rings. The molecule has 1 aliphatic rings. The van der Waals surface area contributed by atoms with Crippen LogP contribution in [0.4, 0.5) is 10.1 Å². The highest BCUT2D eigenvalue weighted by Crippen LogP contribution is 2.28. The van der Waals surface area contributed by atoms with Crippen molar-refractivity contribution in [2.24, 2.45) is 0 Å². The van der Waals surface area contributed by atoms with Gasteiger partial charge in [0.05, 0.1) is 4.92 Å². The molecule has 1 unspecified atom stereocenters. The van der Waals surface area contributed by atoms with Gasteiger partial charge < -0.3 is 9.64 Å². The Morgan fingerprint density at radius 1 is 1.32 bits per heavy atom. The Morgan fingerprint density at radius 3 is 2.55 bits per heavy atom. The molecule has 0 radical (unpaired) electrons. The van der Waals surface area contributed by atoms with Gasteiger partial charge in [-0.25, -0.2) is 4.39 Å². The molecule has 0 spiro atoms. The van der Waals surface area contributed by atoms with E-state index >= 15 is 0 Å². The molecule has 1 heterocycles. The minimum Gasteiger partial charge on any atom is -0.474 e. The molecular formula is C15H19FN2O4. The predicted molar refractivity (Wildman–Crippen MR) is 78.2 cm³/mol. The van der Waals surface area contributed by atoms with Crippen LogP contribution in [0.15, 0.2) is 18.2 Å². The van der Waals surface area contributed by atoms with Gasteiger partial charge in [0, 0.05) is 25.2 Å². The summed E-state index contributed by atoms with van der Waals surface area (Å²) in [6, 6.07) is 2.96. The Labute approximate surface area is 128 Å². The molecule has 1 atom stereocenters. The van der Waals surface area contributed by atoms with Crippen molar-refractivity contribution in [1.29, 1.82) is 0 Å². The Balaban J connectivity index is 2.10. The first kappa shape index (κ1) is 16.2. The first-order chi connectivity index (χ1) is 10.5. The summed E-state index contributed by atoms with van der Waals surface area (Å²) in [7, 11) is 0. The van der Waals surface area contributed by atoms with Gasteiger partial charge in [-0.1, -0.05) is 12.8 Å². The maximum absolute atomic E-state index is 13.3. The quantitative estimate of drug-likeness (QED) is 0.633. The lowest BCUT2D eigenvalue weighted by atomic mass is 10.2. The number of likely N-dealkylation sites (tertiary alicyclic amines) is 1. The lowest BCUT2D eigenvalue weighted by molar-refractivity contribution is -0.386. The van der Waals surface area contributed by atoms with Crippen molar-refractivity contribution in [3.8, 4) is 5.75 Å². The summed E-state index contributed by atoms with van der Waals surface area (Å²) in [6.07, 6.45) is 3.18. The number of carbonyl (C=O) groups is 1. The van der Waals surface area contributed by atoms with Crippen molar-refractivity contribution in [2.75, 3.05) is 13.1 Å². The van der Waals surface area contributed by atoms with Crippen molar-refractivity contribution >= 4 is 11.6 Å². The van der Waals surface area contributed by atoms with Crippen LogP contribution in [0.2, 0.25) is 0 Å². The average Bonchev–Trinajstić information content (AvgIpc) is 2.75. The second-order valence-corrected chi connectivity index (χ2v) is 5.37. The smallest absolute Gasteiger partial charge is 0.311 e. The molecule has 1 saturated heterocycles. The fraction of sp³-hybridized carbons (Fsp3) is 0.533. The van der Waals surface area contributed by atoms with Crippen LogP contribution in [-0.2, 0) is 4.79 Å². The third-order valence-electron chi connectivity index (χ3n) is 3.69. The molecule has 0 bridgehead atoms. The van der Waals surface area contributed by atoms with Gasteiger partial charge in [-0.3, -0.25) is 14.9 Å². The molecule has 1 aromatic rings. The maximum Gasteiger partial charge on any atom is 0.311 e. The number of hydrogen-bond acceptors (Lipinski definition) is 4. The first-order valence-corrected chi connectivity index (χ1v) is 7.38. The number of amides is 1. The van der Waals surface area contributed by atoms with Gasteiger partial charge in [-0.05, 0) is 25.8 Å². The zero-order chi connectivity index (χ0) is 16.1. The van der Waals surface area contributed by atoms with Gasteiger partial charge in [0.2, 0.25) is 5.75 Å². The van der Waals surface area contributed by atoms with Crippen LogP contribution >= 0.6 is 0 Å². The fourth-order valence-electron chi connectivity index (χ4n) is 2.52. The third kappa shape index (κ3) is 3.93. The number of ether oxygens (including phenoxy) is 1. The van der Waals surface area contributed by atoms with Crippen molar-refractivity contribution in [3.05, 3.63) is 34.1 Å². The van der Waals surface area contributed by atoms with Crippen LogP contribution < -0.4 is 4.74 Å². The maximum atomic E-state index is 13.3. The molecule has 7 heteroatoms. The SMILES string of the molecule is CC(Oc1cc(F)ccc1[N+](=O)[O-])C(=O)N1CCCCCC1. The van der Waals surface area contributed by atoms with Gasteiger partial charge in [0.25, 0.3) is 5.91 Å². The van der Waals surface area contributed by atoms with Crippen LogP contribution in [0.1, 0.15) is 32.6 Å².